The van der Waals surface area contributed by atoms with Crippen LogP contribution in [-0.2, 0) is 28.7 Å². The Hall–Kier alpha value is -1.92. The number of rotatable bonds is 21. The van der Waals surface area contributed by atoms with E-state index in [1.165, 1.54) is 90.4 Å². The number of carbonyl (C=O) groups excluding carboxylic acids is 3. The number of unbranched alkanes of at least 4 members (excludes halogenated alkanes) is 16. The topological polar surface area (TPSA) is 107 Å². The molecule has 0 unspecified atom stereocenters. The van der Waals surface area contributed by atoms with Crippen LogP contribution in [0.2, 0.25) is 0 Å². The lowest BCUT2D eigenvalue weighted by molar-refractivity contribution is -0.162. The smallest absolute Gasteiger partial charge is 0.356 e. The molecule has 0 aromatic carbocycles. The average molecular weight is 513 g/mol. The number of cyclic esters (lactones) is 2. The summed E-state index contributed by atoms with van der Waals surface area (Å²) in [6.07, 6.45) is 21.3. The average Bonchev–Trinajstić information content (AvgIpc) is 3.08. The second-order valence-electron chi connectivity index (χ2n) is 9.99. The Morgan fingerprint density at radius 3 is 1.42 bits per heavy atom. The van der Waals surface area contributed by atoms with E-state index >= 15 is 0 Å². The fourth-order valence-corrected chi connectivity index (χ4v) is 4.10. The quantitative estimate of drug-likeness (QED) is 0.0962. The van der Waals surface area contributed by atoms with Crippen molar-refractivity contribution in [3.8, 4) is 0 Å². The van der Waals surface area contributed by atoms with Gasteiger partial charge in [-0.15, -0.1) is 0 Å². The van der Waals surface area contributed by atoms with Gasteiger partial charge in [-0.05, 0) is 19.8 Å². The Labute approximate surface area is 219 Å². The van der Waals surface area contributed by atoms with Crippen molar-refractivity contribution in [2.24, 2.45) is 5.92 Å². The zero-order valence-corrected chi connectivity index (χ0v) is 23.2. The predicted molar refractivity (Wildman–Crippen MR) is 141 cm³/mol. The van der Waals surface area contributed by atoms with Crippen LogP contribution in [0.25, 0.3) is 0 Å². The van der Waals surface area contributed by atoms with E-state index in [0.29, 0.717) is 12.8 Å². The fraction of sp³-hybridized carbons (Fsp3) is 0.862. The van der Waals surface area contributed by atoms with E-state index in [-0.39, 0.29) is 0 Å². The van der Waals surface area contributed by atoms with Crippen LogP contribution in [0.4, 0.5) is 0 Å². The van der Waals surface area contributed by atoms with Crippen LogP contribution in [0.3, 0.4) is 0 Å². The van der Waals surface area contributed by atoms with Gasteiger partial charge in [-0.3, -0.25) is 14.4 Å². The van der Waals surface area contributed by atoms with Gasteiger partial charge >= 0.3 is 23.9 Å². The van der Waals surface area contributed by atoms with Crippen LogP contribution < -0.4 is 0 Å². The first-order valence-corrected chi connectivity index (χ1v) is 14.5. The van der Waals surface area contributed by atoms with Gasteiger partial charge in [0.2, 0.25) is 6.10 Å². The molecule has 0 radical (unpaired) electrons. The Morgan fingerprint density at radius 1 is 0.667 bits per heavy atom. The second kappa shape index (κ2) is 23.5. The van der Waals surface area contributed by atoms with E-state index < -0.39 is 35.9 Å². The van der Waals surface area contributed by atoms with Gasteiger partial charge in [-0.25, -0.2) is 4.79 Å². The maximum absolute atomic E-state index is 11.7. The number of hydrogen-bond donors (Lipinski definition) is 1. The molecule has 2 atom stereocenters. The molecule has 7 heteroatoms. The van der Waals surface area contributed by atoms with Crippen LogP contribution in [0.5, 0.6) is 0 Å². The summed E-state index contributed by atoms with van der Waals surface area (Å²) in [5.74, 6) is -3.15. The largest absolute Gasteiger partial charge is 0.481 e. The second-order valence-corrected chi connectivity index (χ2v) is 9.99. The standard InChI is InChI=1S/C17H28O5.C12H24O2/c1-3-4-5-6-7-8-9-10-11-12-14(18)21-15-13(2)16(19)22-17(15)20;1-2-3-4-5-6-7-8-9-10-11-12(13)14/h13,15H,3-12H2,1-2H3;2-11H2,1H3,(H,13,14)/t13-,15-;/m1./s1. The Kier molecular flexibility index (Phi) is 22.2. The maximum atomic E-state index is 11.7. The van der Waals surface area contributed by atoms with Gasteiger partial charge in [-0.1, -0.05) is 117 Å². The number of carboxylic acids is 1. The summed E-state index contributed by atoms with van der Waals surface area (Å²) in [6, 6.07) is 0. The van der Waals surface area contributed by atoms with Crippen molar-refractivity contribution >= 4 is 23.9 Å². The lowest BCUT2D eigenvalue weighted by atomic mass is 10.1. The summed E-state index contributed by atoms with van der Waals surface area (Å²) in [7, 11) is 0. The lowest BCUT2D eigenvalue weighted by Crippen LogP contribution is -2.28. The summed E-state index contributed by atoms with van der Waals surface area (Å²) in [5, 5.41) is 8.41. The van der Waals surface area contributed by atoms with Gasteiger partial charge in [0.15, 0.2) is 0 Å². The van der Waals surface area contributed by atoms with Crippen LogP contribution in [0.1, 0.15) is 149 Å². The van der Waals surface area contributed by atoms with Crippen molar-refractivity contribution in [2.45, 2.75) is 155 Å². The molecule has 1 heterocycles. The molecule has 0 aliphatic carbocycles. The van der Waals surface area contributed by atoms with Crippen molar-refractivity contribution < 1.29 is 33.8 Å². The molecule has 0 aromatic rings. The van der Waals surface area contributed by atoms with Crippen molar-refractivity contribution in [2.75, 3.05) is 0 Å². The molecule has 210 valence electrons. The van der Waals surface area contributed by atoms with Crippen molar-refractivity contribution in [1.29, 1.82) is 0 Å². The van der Waals surface area contributed by atoms with E-state index in [0.717, 1.165) is 32.1 Å². The fourth-order valence-electron chi connectivity index (χ4n) is 4.10. The number of carbonyl (C=O) groups is 4. The molecule has 1 N–H and O–H groups in total. The van der Waals surface area contributed by atoms with E-state index in [9.17, 15) is 19.2 Å². The molecule has 0 spiro atoms. The minimum Gasteiger partial charge on any atom is -0.481 e. The van der Waals surface area contributed by atoms with E-state index in [1.807, 2.05) is 0 Å². The minimum absolute atomic E-state index is 0.292. The third-order valence-corrected chi connectivity index (χ3v) is 6.50. The highest BCUT2D eigenvalue weighted by atomic mass is 16.6. The molecule has 36 heavy (non-hydrogen) atoms. The zero-order valence-electron chi connectivity index (χ0n) is 23.2. The van der Waals surface area contributed by atoms with Gasteiger partial charge in [0, 0.05) is 12.8 Å². The Morgan fingerprint density at radius 2 is 1.06 bits per heavy atom. The number of carboxylic acid groups (broad SMARTS) is 1. The van der Waals surface area contributed by atoms with Crippen molar-refractivity contribution in [1.82, 2.24) is 0 Å². The SMILES string of the molecule is CCCCCCCCCCCC(=O)O.CCCCCCCCCCCC(=O)O[C@H]1C(=O)OC(=O)[C@@H]1C. The van der Waals surface area contributed by atoms with Crippen molar-refractivity contribution in [3.63, 3.8) is 0 Å². The molecule has 1 aliphatic rings. The predicted octanol–water partition coefficient (Wildman–Crippen LogP) is 7.53. The summed E-state index contributed by atoms with van der Waals surface area (Å²) < 4.78 is 9.47. The summed E-state index contributed by atoms with van der Waals surface area (Å²) in [5.41, 5.74) is 0. The molecule has 1 saturated heterocycles. The van der Waals surface area contributed by atoms with Gasteiger partial charge in [0.05, 0.1) is 0 Å². The molecule has 1 rings (SSSR count). The Balaban J connectivity index is 0.000000757. The van der Waals surface area contributed by atoms with Crippen LogP contribution >= 0.6 is 0 Å². The lowest BCUT2D eigenvalue weighted by Gasteiger charge is -2.10. The highest BCUT2D eigenvalue weighted by Crippen LogP contribution is 2.20. The Bertz CT molecular complexity index is 602. The van der Waals surface area contributed by atoms with Gasteiger partial charge in [0.25, 0.3) is 0 Å². The zero-order chi connectivity index (χ0) is 27.0. The van der Waals surface area contributed by atoms with Crippen LogP contribution in [0, 0.1) is 5.92 Å². The first kappa shape index (κ1) is 34.1. The van der Waals surface area contributed by atoms with Crippen LogP contribution in [0.15, 0.2) is 0 Å². The van der Waals surface area contributed by atoms with Crippen LogP contribution in [-0.4, -0.2) is 35.1 Å². The summed E-state index contributed by atoms with van der Waals surface area (Å²) in [4.78, 5) is 44.4. The number of ether oxygens (including phenoxy) is 2. The minimum atomic E-state index is -1.06. The third kappa shape index (κ3) is 19.3. The highest BCUT2D eigenvalue weighted by molar-refractivity contribution is 5.98. The maximum Gasteiger partial charge on any atom is 0.356 e. The molecule has 0 amide bonds. The van der Waals surface area contributed by atoms with E-state index in [2.05, 4.69) is 18.6 Å². The van der Waals surface area contributed by atoms with Gasteiger partial charge in [0.1, 0.15) is 5.92 Å². The first-order valence-electron chi connectivity index (χ1n) is 14.5. The van der Waals surface area contributed by atoms with Gasteiger partial charge in [-0.2, -0.15) is 0 Å². The number of hydrogen-bond acceptors (Lipinski definition) is 6. The summed E-state index contributed by atoms with van der Waals surface area (Å²) in [6.45, 7) is 5.97. The number of esters is 3. The summed E-state index contributed by atoms with van der Waals surface area (Å²) >= 11 is 0. The van der Waals surface area contributed by atoms with Gasteiger partial charge < -0.3 is 14.6 Å². The molecule has 1 aliphatic heterocycles. The molecule has 1 fully saturated rings. The number of aliphatic carboxylic acids is 1. The first-order chi connectivity index (χ1) is 17.3. The van der Waals surface area contributed by atoms with Crippen molar-refractivity contribution in [3.05, 3.63) is 0 Å². The normalized spacial score (nSPS) is 16.9. The molecular weight excluding hydrogens is 460 g/mol. The van der Waals surface area contributed by atoms with E-state index in [1.54, 1.807) is 0 Å². The molecular formula is C29H52O7. The van der Waals surface area contributed by atoms with E-state index in [4.69, 9.17) is 9.84 Å². The molecule has 0 saturated carbocycles. The highest BCUT2D eigenvalue weighted by Gasteiger charge is 2.44. The third-order valence-electron chi connectivity index (χ3n) is 6.50. The molecule has 0 aromatic heterocycles. The monoisotopic (exact) mass is 512 g/mol. The molecule has 0 bridgehead atoms. The molecule has 7 nitrogen and oxygen atoms in total.